The highest BCUT2D eigenvalue weighted by molar-refractivity contribution is 5.91. The van der Waals surface area contributed by atoms with Gasteiger partial charge in [0.15, 0.2) is 23.1 Å². The number of phenolic OH excluding ortho intramolecular Hbond substituents is 2. The zero-order valence-corrected chi connectivity index (χ0v) is 23.4. The van der Waals surface area contributed by atoms with Gasteiger partial charge >= 0.3 is 12.1 Å². The van der Waals surface area contributed by atoms with Gasteiger partial charge in [0, 0.05) is 12.1 Å². The first kappa shape index (κ1) is 31.9. The van der Waals surface area contributed by atoms with Crippen LogP contribution < -0.4 is 21.3 Å². The molecule has 3 aromatic carbocycles. The summed E-state index contributed by atoms with van der Waals surface area (Å²) < 4.78 is 26.2. The minimum atomic E-state index is -0.771. The molecule has 0 aliphatic heterocycles. The summed E-state index contributed by atoms with van der Waals surface area (Å²) in [5, 5.41) is 29.3. The van der Waals surface area contributed by atoms with Gasteiger partial charge in [-0.05, 0) is 61.9 Å². The fourth-order valence-electron chi connectivity index (χ4n) is 4.19. The first-order valence-corrected chi connectivity index (χ1v) is 12.8. The number of carbonyl (C=O) groups is 2. The Morgan fingerprint density at radius 2 is 1.23 bits per heavy atom. The van der Waals surface area contributed by atoms with Crippen molar-refractivity contribution in [1.29, 1.82) is 0 Å². The minimum Gasteiger partial charge on any atom is -0.503 e. The molecule has 3 rings (SSSR count). The van der Waals surface area contributed by atoms with Gasteiger partial charge in [0.1, 0.15) is 0 Å². The number of urea groups is 2. The van der Waals surface area contributed by atoms with E-state index in [4.69, 9.17) is 0 Å². The van der Waals surface area contributed by atoms with Crippen LogP contribution in [-0.2, 0) is 6.42 Å². The molecule has 8 nitrogen and oxygen atoms in total. The van der Waals surface area contributed by atoms with Crippen LogP contribution in [0.15, 0.2) is 66.7 Å². The van der Waals surface area contributed by atoms with Crippen molar-refractivity contribution >= 4 is 23.4 Å². The Bertz CT molecular complexity index is 1280. The van der Waals surface area contributed by atoms with Crippen molar-refractivity contribution in [2.24, 2.45) is 5.41 Å². The maximum atomic E-state index is 13.2. The number of nitrogens with one attached hydrogen (secondary N) is 4. The average Bonchev–Trinajstić information content (AvgIpc) is 2.84. The Morgan fingerprint density at radius 3 is 1.73 bits per heavy atom. The van der Waals surface area contributed by atoms with Gasteiger partial charge in [-0.25, -0.2) is 18.4 Å². The van der Waals surface area contributed by atoms with Crippen molar-refractivity contribution in [2.75, 3.05) is 17.2 Å². The van der Waals surface area contributed by atoms with Crippen LogP contribution in [0, 0.1) is 17.0 Å². The maximum absolute atomic E-state index is 13.2. The van der Waals surface area contributed by atoms with E-state index in [2.05, 4.69) is 42.0 Å². The van der Waals surface area contributed by atoms with Crippen LogP contribution in [0.4, 0.5) is 29.7 Å². The first-order chi connectivity index (χ1) is 18.7. The molecule has 0 aromatic heterocycles. The van der Waals surface area contributed by atoms with Gasteiger partial charge in [0.05, 0.1) is 11.4 Å². The van der Waals surface area contributed by atoms with E-state index in [-0.39, 0.29) is 16.8 Å². The fourth-order valence-corrected chi connectivity index (χ4v) is 4.19. The molecule has 40 heavy (non-hydrogen) atoms. The van der Waals surface area contributed by atoms with Crippen molar-refractivity contribution in [1.82, 2.24) is 10.6 Å². The lowest BCUT2D eigenvalue weighted by molar-refractivity contribution is 0.220. The number of hydrogen-bond donors (Lipinski definition) is 6. The maximum Gasteiger partial charge on any atom is 0.319 e. The normalized spacial score (nSPS) is 11.1. The number of halogens is 2. The van der Waals surface area contributed by atoms with Crippen LogP contribution >= 0.6 is 0 Å². The lowest BCUT2D eigenvalue weighted by Gasteiger charge is -2.33. The van der Waals surface area contributed by atoms with Gasteiger partial charge in [-0.15, -0.1) is 0 Å². The number of hydrogen-bond acceptors (Lipinski definition) is 4. The Kier molecular flexibility index (Phi) is 11.3. The summed E-state index contributed by atoms with van der Waals surface area (Å²) in [6.07, 6.45) is 1.48. The SMILES string of the molecule is CC(C)(C)CC(C)(C)NC(=O)Nc1cccc(F)c1O.O=C(NCCc1ccccc1)Nc1cccc(F)c1O. The van der Waals surface area contributed by atoms with E-state index < -0.39 is 40.7 Å². The van der Waals surface area contributed by atoms with Crippen molar-refractivity contribution < 1.29 is 28.6 Å². The lowest BCUT2D eigenvalue weighted by Crippen LogP contribution is -2.47. The molecule has 0 heterocycles. The van der Waals surface area contributed by atoms with E-state index >= 15 is 0 Å². The highest BCUT2D eigenvalue weighted by Crippen LogP contribution is 2.28. The highest BCUT2D eigenvalue weighted by Gasteiger charge is 2.27. The molecule has 0 unspecified atom stereocenters. The van der Waals surface area contributed by atoms with Gasteiger partial charge in [-0.3, -0.25) is 0 Å². The molecule has 0 bridgehead atoms. The molecular formula is C30H38F2N4O4. The van der Waals surface area contributed by atoms with Crippen molar-refractivity contribution in [3.63, 3.8) is 0 Å². The summed E-state index contributed by atoms with van der Waals surface area (Å²) in [6.45, 7) is 10.6. The van der Waals surface area contributed by atoms with Gasteiger partial charge in [-0.1, -0.05) is 63.2 Å². The number of phenols is 2. The number of benzene rings is 3. The third-order valence-corrected chi connectivity index (χ3v) is 5.44. The van der Waals surface area contributed by atoms with Crippen molar-refractivity contribution in [3.8, 4) is 11.5 Å². The van der Waals surface area contributed by atoms with Crippen molar-refractivity contribution in [2.45, 2.75) is 53.0 Å². The molecule has 0 radical (unpaired) electrons. The van der Waals surface area contributed by atoms with E-state index in [1.54, 1.807) is 0 Å². The summed E-state index contributed by atoms with van der Waals surface area (Å²) in [5.41, 5.74) is 0.862. The van der Waals surface area contributed by atoms with Crippen LogP contribution in [0.25, 0.3) is 0 Å². The molecule has 0 atom stereocenters. The van der Waals surface area contributed by atoms with Gasteiger partial charge in [0.25, 0.3) is 0 Å². The summed E-state index contributed by atoms with van der Waals surface area (Å²) in [6, 6.07) is 16.7. The molecule has 0 saturated carbocycles. The second-order valence-electron chi connectivity index (χ2n) is 11.1. The number of aromatic hydroxyl groups is 2. The Morgan fingerprint density at radius 1 is 0.725 bits per heavy atom. The third-order valence-electron chi connectivity index (χ3n) is 5.44. The zero-order valence-electron chi connectivity index (χ0n) is 23.4. The Hall–Kier alpha value is -4.34. The van der Waals surface area contributed by atoms with E-state index in [0.29, 0.717) is 13.0 Å². The highest BCUT2D eigenvalue weighted by atomic mass is 19.1. The van der Waals surface area contributed by atoms with Crippen molar-refractivity contribution in [3.05, 3.63) is 83.9 Å². The van der Waals surface area contributed by atoms with Crippen LogP contribution in [-0.4, -0.2) is 34.4 Å². The van der Waals surface area contributed by atoms with Gasteiger partial charge < -0.3 is 31.5 Å². The van der Waals surface area contributed by atoms with Crippen LogP contribution in [0.1, 0.15) is 46.6 Å². The van der Waals surface area contributed by atoms with Gasteiger partial charge in [-0.2, -0.15) is 0 Å². The van der Waals surface area contributed by atoms with E-state index in [0.717, 1.165) is 24.1 Å². The quantitative estimate of drug-likeness (QED) is 0.180. The monoisotopic (exact) mass is 556 g/mol. The number of anilines is 2. The predicted molar refractivity (Wildman–Crippen MR) is 154 cm³/mol. The molecule has 3 aromatic rings. The number of carbonyl (C=O) groups excluding carboxylic acids is 2. The number of rotatable bonds is 7. The first-order valence-electron chi connectivity index (χ1n) is 12.8. The molecular weight excluding hydrogens is 518 g/mol. The molecule has 0 saturated heterocycles. The molecule has 0 aliphatic rings. The number of amides is 4. The summed E-state index contributed by atoms with van der Waals surface area (Å²) in [4.78, 5) is 23.5. The lowest BCUT2D eigenvalue weighted by atomic mass is 9.82. The molecule has 6 N–H and O–H groups in total. The molecule has 0 spiro atoms. The summed E-state index contributed by atoms with van der Waals surface area (Å²) in [5.74, 6) is -2.66. The van der Waals surface area contributed by atoms with Crippen LogP contribution in [0.2, 0.25) is 0 Å². The second kappa shape index (κ2) is 14.2. The Balaban J connectivity index is 0.000000280. The standard InChI is InChI=1S/C15H15FN2O2.C15H23FN2O2/c16-12-7-4-8-13(14(12)19)18-15(20)17-10-9-11-5-2-1-3-6-11;1-14(2,3)9-15(4,5)18-13(20)17-11-8-6-7-10(16)12(11)19/h1-8,19H,9-10H2,(H2,17,18,20);6-8,19H,9H2,1-5H3,(H2,17,18,20). The zero-order chi connectivity index (χ0) is 29.9. The molecule has 4 amide bonds. The summed E-state index contributed by atoms with van der Waals surface area (Å²) in [7, 11) is 0. The predicted octanol–water partition coefficient (Wildman–Crippen LogP) is 6.76. The average molecular weight is 557 g/mol. The smallest absolute Gasteiger partial charge is 0.319 e. The van der Waals surface area contributed by atoms with Gasteiger partial charge in [0.2, 0.25) is 0 Å². The van der Waals surface area contributed by atoms with E-state index in [1.165, 1.54) is 24.3 Å². The van der Waals surface area contributed by atoms with Crippen LogP contribution in [0.5, 0.6) is 11.5 Å². The third kappa shape index (κ3) is 11.2. The van der Waals surface area contributed by atoms with Crippen LogP contribution in [0.3, 0.4) is 0 Å². The minimum absolute atomic E-state index is 0.0437. The molecule has 216 valence electrons. The van der Waals surface area contributed by atoms with E-state index in [1.807, 2.05) is 44.2 Å². The van der Waals surface area contributed by atoms with E-state index in [9.17, 15) is 28.6 Å². The Labute approximate surface area is 233 Å². The molecule has 0 fully saturated rings. The topological polar surface area (TPSA) is 123 Å². The summed E-state index contributed by atoms with van der Waals surface area (Å²) >= 11 is 0. The second-order valence-corrected chi connectivity index (χ2v) is 11.1. The largest absolute Gasteiger partial charge is 0.503 e. The molecule has 10 heteroatoms. The molecule has 0 aliphatic carbocycles. The number of para-hydroxylation sites is 2. The fraction of sp³-hybridized carbons (Fsp3) is 0.333.